The van der Waals surface area contributed by atoms with Crippen LogP contribution in [0.25, 0.3) is 10.1 Å². The average molecular weight is 582 g/mol. The number of hydrazone groups is 1. The maximum absolute atomic E-state index is 12.9. The maximum Gasteiger partial charge on any atom is 0.343 e. The molecule has 0 atom stereocenters. The van der Waals surface area contributed by atoms with E-state index in [1.807, 2.05) is 44.2 Å². The molecule has 0 spiro atoms. The van der Waals surface area contributed by atoms with Crippen molar-refractivity contribution in [2.45, 2.75) is 13.8 Å². The molecule has 2 N–H and O–H groups in total. The number of hydrogen-bond donors (Lipinski definition) is 2. The zero-order chi connectivity index (χ0) is 28.9. The van der Waals surface area contributed by atoms with Crippen molar-refractivity contribution in [3.63, 3.8) is 0 Å². The number of aryl methyl sites for hydroxylation is 2. The monoisotopic (exact) mass is 581 g/mol. The van der Waals surface area contributed by atoms with Crippen LogP contribution >= 0.6 is 22.9 Å². The van der Waals surface area contributed by atoms with Crippen molar-refractivity contribution in [3.8, 4) is 5.75 Å². The highest BCUT2D eigenvalue weighted by molar-refractivity contribution is 7.21. The minimum Gasteiger partial charge on any atom is -0.422 e. The van der Waals surface area contributed by atoms with Gasteiger partial charge < -0.3 is 10.1 Å². The zero-order valence-electron chi connectivity index (χ0n) is 22.1. The molecule has 2 amide bonds. The van der Waals surface area contributed by atoms with E-state index in [4.69, 9.17) is 16.3 Å². The molecule has 41 heavy (non-hydrogen) atoms. The third-order valence-corrected chi connectivity index (χ3v) is 7.83. The summed E-state index contributed by atoms with van der Waals surface area (Å²) in [6.07, 6.45) is 1.40. The van der Waals surface area contributed by atoms with E-state index in [0.717, 1.165) is 21.2 Å². The van der Waals surface area contributed by atoms with Crippen LogP contribution in [0.15, 0.2) is 96.1 Å². The Morgan fingerprint density at radius 2 is 1.51 bits per heavy atom. The Hall–Kier alpha value is -4.79. The van der Waals surface area contributed by atoms with Crippen molar-refractivity contribution < 1.29 is 19.1 Å². The van der Waals surface area contributed by atoms with Crippen molar-refractivity contribution in [3.05, 3.63) is 129 Å². The second-order valence-corrected chi connectivity index (χ2v) is 10.7. The molecular formula is C32H24ClN3O4S. The van der Waals surface area contributed by atoms with Crippen LogP contribution in [0.2, 0.25) is 5.02 Å². The number of carbonyl (C=O) groups is 3. The molecule has 4 aromatic carbocycles. The number of hydrogen-bond acceptors (Lipinski definition) is 6. The number of para-hydroxylation sites is 1. The second-order valence-electron chi connectivity index (χ2n) is 9.27. The number of fused-ring (bicyclic) bond motifs is 1. The number of rotatable bonds is 7. The number of nitrogens with zero attached hydrogens (tertiary/aromatic N) is 1. The van der Waals surface area contributed by atoms with E-state index in [9.17, 15) is 14.4 Å². The fourth-order valence-corrected chi connectivity index (χ4v) is 5.48. The van der Waals surface area contributed by atoms with E-state index in [-0.39, 0.29) is 5.91 Å². The molecule has 7 nitrogen and oxygen atoms in total. The van der Waals surface area contributed by atoms with Crippen LogP contribution in [0.3, 0.4) is 0 Å². The predicted molar refractivity (Wildman–Crippen MR) is 164 cm³/mol. The summed E-state index contributed by atoms with van der Waals surface area (Å²) in [6.45, 7) is 3.92. The topological polar surface area (TPSA) is 96.9 Å². The normalized spacial score (nSPS) is 11.0. The summed E-state index contributed by atoms with van der Waals surface area (Å²) in [6, 6.07) is 26.2. The highest BCUT2D eigenvalue weighted by Gasteiger charge is 2.18. The van der Waals surface area contributed by atoms with Gasteiger partial charge in [-0.1, -0.05) is 53.6 Å². The lowest BCUT2D eigenvalue weighted by Gasteiger charge is -2.08. The van der Waals surface area contributed by atoms with Gasteiger partial charge in [0.05, 0.1) is 16.8 Å². The number of carbonyl (C=O) groups excluding carboxylic acids is 3. The van der Waals surface area contributed by atoms with Crippen LogP contribution in [0.1, 0.15) is 47.1 Å². The second kappa shape index (κ2) is 12.2. The van der Waals surface area contributed by atoms with Crippen molar-refractivity contribution >= 4 is 62.7 Å². The van der Waals surface area contributed by atoms with Crippen LogP contribution in [0.4, 0.5) is 5.69 Å². The fourth-order valence-electron chi connectivity index (χ4n) is 3.96. The van der Waals surface area contributed by atoms with Gasteiger partial charge in [-0.15, -0.1) is 11.3 Å². The van der Waals surface area contributed by atoms with E-state index < -0.39 is 11.9 Å². The number of anilines is 1. The van der Waals surface area contributed by atoms with E-state index in [1.54, 1.807) is 60.7 Å². The summed E-state index contributed by atoms with van der Waals surface area (Å²) in [5.41, 5.74) is 6.40. The van der Waals surface area contributed by atoms with Gasteiger partial charge >= 0.3 is 5.97 Å². The van der Waals surface area contributed by atoms with Gasteiger partial charge in [0.15, 0.2) is 0 Å². The highest BCUT2D eigenvalue weighted by Crippen LogP contribution is 2.36. The molecule has 5 rings (SSSR count). The molecule has 204 valence electrons. The number of nitrogens with one attached hydrogen (secondary N) is 2. The maximum atomic E-state index is 12.9. The van der Waals surface area contributed by atoms with Crippen molar-refractivity contribution in [2.75, 3.05) is 5.32 Å². The molecule has 0 saturated carbocycles. The third kappa shape index (κ3) is 6.51. The molecule has 0 aliphatic heterocycles. The Morgan fingerprint density at radius 1 is 0.829 bits per heavy atom. The summed E-state index contributed by atoms with van der Waals surface area (Å²) in [5.74, 6) is -0.953. The third-order valence-electron chi connectivity index (χ3n) is 6.17. The summed E-state index contributed by atoms with van der Waals surface area (Å²) in [7, 11) is 0. The lowest BCUT2D eigenvalue weighted by atomic mass is 10.1. The van der Waals surface area contributed by atoms with Crippen LogP contribution in [0.5, 0.6) is 5.75 Å². The number of amides is 2. The molecule has 0 radical (unpaired) electrons. The minimum atomic E-state index is -0.494. The number of esters is 1. The van der Waals surface area contributed by atoms with Gasteiger partial charge in [-0.25, -0.2) is 10.2 Å². The van der Waals surface area contributed by atoms with Gasteiger partial charge in [-0.2, -0.15) is 5.10 Å². The van der Waals surface area contributed by atoms with Gasteiger partial charge in [0.25, 0.3) is 11.8 Å². The minimum absolute atomic E-state index is 0.310. The van der Waals surface area contributed by atoms with E-state index in [0.29, 0.717) is 38.0 Å². The standard InChI is InChI=1S/C32H24ClN3O4S/c1-19-7-10-22(11-8-19)32(39)40-26-6-4-3-5-23(26)18-34-36-30(37)21-12-14-24(15-13-21)35-31(38)29-28(33)25-16-9-20(2)17-27(25)41-29/h3-18H,1-2H3,(H,35,38)(H,36,37)/b34-18-. The van der Waals surface area contributed by atoms with Crippen LogP contribution in [0, 0.1) is 13.8 Å². The lowest BCUT2D eigenvalue weighted by molar-refractivity contribution is 0.0734. The molecule has 5 aromatic rings. The molecule has 0 bridgehead atoms. The summed E-state index contributed by atoms with van der Waals surface area (Å²) in [4.78, 5) is 38.4. The van der Waals surface area contributed by atoms with Crippen molar-refractivity contribution in [1.82, 2.24) is 5.43 Å². The molecule has 0 unspecified atom stereocenters. The van der Waals surface area contributed by atoms with Crippen LogP contribution in [-0.2, 0) is 0 Å². The SMILES string of the molecule is Cc1ccc(C(=O)Oc2ccccc2/C=N\NC(=O)c2ccc(NC(=O)c3sc4cc(C)ccc4c3Cl)cc2)cc1. The van der Waals surface area contributed by atoms with Gasteiger partial charge in [0.1, 0.15) is 10.6 Å². The van der Waals surface area contributed by atoms with E-state index in [2.05, 4.69) is 15.8 Å². The van der Waals surface area contributed by atoms with E-state index >= 15 is 0 Å². The smallest absolute Gasteiger partial charge is 0.343 e. The Morgan fingerprint density at radius 3 is 2.27 bits per heavy atom. The first kappa shape index (κ1) is 27.8. The molecule has 9 heteroatoms. The average Bonchev–Trinajstić information content (AvgIpc) is 3.29. The molecule has 0 fully saturated rings. The first-order chi connectivity index (χ1) is 19.8. The summed E-state index contributed by atoms with van der Waals surface area (Å²) < 4.78 is 6.48. The number of halogens is 1. The first-order valence-electron chi connectivity index (χ1n) is 12.6. The van der Waals surface area contributed by atoms with Gasteiger partial charge in [0, 0.05) is 26.9 Å². The Kier molecular flexibility index (Phi) is 8.24. The number of benzene rings is 4. The summed E-state index contributed by atoms with van der Waals surface area (Å²) >= 11 is 7.79. The molecule has 0 saturated heterocycles. The zero-order valence-corrected chi connectivity index (χ0v) is 23.7. The van der Waals surface area contributed by atoms with Gasteiger partial charge in [-0.05, 0) is 74.0 Å². The fraction of sp³-hybridized carbons (Fsp3) is 0.0625. The number of thiophene rings is 1. The molecule has 0 aliphatic rings. The summed E-state index contributed by atoms with van der Waals surface area (Å²) in [5, 5.41) is 8.10. The van der Waals surface area contributed by atoms with Gasteiger partial charge in [0.2, 0.25) is 0 Å². The van der Waals surface area contributed by atoms with Crippen LogP contribution in [-0.4, -0.2) is 24.0 Å². The Bertz CT molecular complexity index is 1790. The van der Waals surface area contributed by atoms with Crippen molar-refractivity contribution in [2.24, 2.45) is 5.10 Å². The molecule has 1 heterocycles. The highest BCUT2D eigenvalue weighted by atomic mass is 35.5. The Balaban J connectivity index is 1.20. The largest absolute Gasteiger partial charge is 0.422 e. The lowest BCUT2D eigenvalue weighted by Crippen LogP contribution is -2.18. The number of ether oxygens (including phenoxy) is 1. The van der Waals surface area contributed by atoms with Gasteiger partial charge in [-0.3, -0.25) is 9.59 Å². The van der Waals surface area contributed by atoms with Crippen molar-refractivity contribution in [1.29, 1.82) is 0 Å². The Labute approximate surface area is 245 Å². The molecule has 1 aromatic heterocycles. The molecule has 0 aliphatic carbocycles. The first-order valence-corrected chi connectivity index (χ1v) is 13.8. The van der Waals surface area contributed by atoms with E-state index in [1.165, 1.54) is 17.6 Å². The molecular weight excluding hydrogens is 558 g/mol. The predicted octanol–water partition coefficient (Wildman–Crippen LogP) is 7.41. The quantitative estimate of drug-likeness (QED) is 0.0905. The van der Waals surface area contributed by atoms with Crippen LogP contribution < -0.4 is 15.5 Å².